The Morgan fingerprint density at radius 2 is 1.68 bits per heavy atom. The van der Waals surface area contributed by atoms with Gasteiger partial charge in [-0.2, -0.15) is 5.10 Å². The van der Waals surface area contributed by atoms with Gasteiger partial charge in [0.25, 0.3) is 0 Å². The zero-order valence-electron chi connectivity index (χ0n) is 14.6. The van der Waals surface area contributed by atoms with Gasteiger partial charge < -0.3 is 10.2 Å². The third kappa shape index (κ3) is 4.95. The SMILES string of the molecule is Cc1ccc(C)c(Oc2ccc(C=NNCc3ccccc3)cc2)c1. The quantitative estimate of drug-likeness (QED) is 0.496. The standard InChI is InChI=1S/C22H22N2O/c1-17-8-9-18(2)22(14-17)25-21-12-10-20(11-13-21)16-24-23-15-19-6-4-3-5-7-19/h3-14,16,23H,15H2,1-2H3. The van der Waals surface area contributed by atoms with E-state index < -0.39 is 0 Å². The van der Waals surface area contributed by atoms with Gasteiger partial charge in [-0.05, 0) is 66.4 Å². The zero-order valence-corrected chi connectivity index (χ0v) is 14.6. The van der Waals surface area contributed by atoms with E-state index in [4.69, 9.17) is 4.74 Å². The van der Waals surface area contributed by atoms with Crippen LogP contribution in [0.1, 0.15) is 22.3 Å². The Morgan fingerprint density at radius 3 is 2.44 bits per heavy atom. The molecule has 3 rings (SSSR count). The topological polar surface area (TPSA) is 33.6 Å². The summed E-state index contributed by atoms with van der Waals surface area (Å²) in [6.45, 7) is 4.83. The number of hydrogen-bond acceptors (Lipinski definition) is 3. The molecule has 0 aliphatic rings. The Balaban J connectivity index is 1.56. The summed E-state index contributed by atoms with van der Waals surface area (Å²) in [5, 5.41) is 4.26. The number of nitrogens with zero attached hydrogens (tertiary/aromatic N) is 1. The van der Waals surface area contributed by atoms with Crippen LogP contribution in [0.4, 0.5) is 0 Å². The molecule has 0 bridgehead atoms. The van der Waals surface area contributed by atoms with Crippen molar-refractivity contribution in [1.82, 2.24) is 5.43 Å². The number of hydrogen-bond donors (Lipinski definition) is 1. The highest BCUT2D eigenvalue weighted by molar-refractivity contribution is 5.79. The van der Waals surface area contributed by atoms with Crippen LogP contribution in [-0.4, -0.2) is 6.21 Å². The Bertz CT molecular complexity index is 840. The summed E-state index contributed by atoms with van der Waals surface area (Å²) in [6, 6.07) is 24.3. The summed E-state index contributed by atoms with van der Waals surface area (Å²) in [4.78, 5) is 0. The number of hydrazone groups is 1. The van der Waals surface area contributed by atoms with Gasteiger partial charge in [0.05, 0.1) is 12.8 Å². The van der Waals surface area contributed by atoms with E-state index in [1.807, 2.05) is 55.6 Å². The van der Waals surface area contributed by atoms with Gasteiger partial charge in [-0.3, -0.25) is 0 Å². The maximum absolute atomic E-state index is 5.97. The highest BCUT2D eigenvalue weighted by Gasteiger charge is 2.02. The van der Waals surface area contributed by atoms with Crippen LogP contribution in [0.2, 0.25) is 0 Å². The first-order valence-electron chi connectivity index (χ1n) is 8.36. The summed E-state index contributed by atoms with van der Waals surface area (Å²) < 4.78 is 5.97. The zero-order chi connectivity index (χ0) is 17.5. The van der Waals surface area contributed by atoms with Crippen LogP contribution in [0.25, 0.3) is 0 Å². The fourth-order valence-electron chi connectivity index (χ4n) is 2.42. The summed E-state index contributed by atoms with van der Waals surface area (Å²) in [6.07, 6.45) is 1.81. The molecule has 0 aromatic heterocycles. The number of nitrogens with one attached hydrogen (secondary N) is 1. The molecule has 0 radical (unpaired) electrons. The van der Waals surface area contributed by atoms with Crippen LogP contribution in [0.15, 0.2) is 77.9 Å². The van der Waals surface area contributed by atoms with Crippen molar-refractivity contribution >= 4 is 6.21 Å². The molecule has 0 aliphatic heterocycles. The highest BCUT2D eigenvalue weighted by atomic mass is 16.5. The van der Waals surface area contributed by atoms with Crippen molar-refractivity contribution in [2.75, 3.05) is 0 Å². The van der Waals surface area contributed by atoms with Crippen molar-refractivity contribution in [2.45, 2.75) is 20.4 Å². The minimum absolute atomic E-state index is 0.713. The summed E-state index contributed by atoms with van der Waals surface area (Å²) in [7, 11) is 0. The molecular formula is C22H22N2O. The van der Waals surface area contributed by atoms with Gasteiger partial charge in [-0.1, -0.05) is 42.5 Å². The minimum atomic E-state index is 0.713. The second-order valence-corrected chi connectivity index (χ2v) is 6.02. The lowest BCUT2D eigenvalue weighted by molar-refractivity contribution is 0.478. The first-order valence-corrected chi connectivity index (χ1v) is 8.36. The van der Waals surface area contributed by atoms with E-state index in [1.165, 1.54) is 11.1 Å². The normalized spacial score (nSPS) is 10.8. The lowest BCUT2D eigenvalue weighted by Crippen LogP contribution is -2.05. The predicted molar refractivity (Wildman–Crippen MR) is 103 cm³/mol. The Morgan fingerprint density at radius 1 is 0.920 bits per heavy atom. The second kappa shape index (κ2) is 8.15. The molecule has 126 valence electrons. The molecule has 0 amide bonds. The molecule has 0 saturated heterocycles. The molecule has 0 spiro atoms. The fourth-order valence-corrected chi connectivity index (χ4v) is 2.42. The monoisotopic (exact) mass is 330 g/mol. The van der Waals surface area contributed by atoms with Crippen LogP contribution in [0.3, 0.4) is 0 Å². The summed E-state index contributed by atoms with van der Waals surface area (Å²) in [5.41, 5.74) is 7.60. The van der Waals surface area contributed by atoms with E-state index in [2.05, 4.69) is 47.8 Å². The van der Waals surface area contributed by atoms with Crippen LogP contribution in [-0.2, 0) is 6.54 Å². The predicted octanol–water partition coefficient (Wildman–Crippen LogP) is 5.22. The van der Waals surface area contributed by atoms with Crippen LogP contribution < -0.4 is 10.2 Å². The van der Waals surface area contributed by atoms with Gasteiger partial charge in [-0.15, -0.1) is 0 Å². The lowest BCUT2D eigenvalue weighted by atomic mass is 10.1. The third-order valence-corrected chi connectivity index (χ3v) is 3.88. The third-order valence-electron chi connectivity index (χ3n) is 3.88. The second-order valence-electron chi connectivity index (χ2n) is 6.02. The van der Waals surface area contributed by atoms with Gasteiger partial charge in [0, 0.05) is 0 Å². The van der Waals surface area contributed by atoms with E-state index in [0.717, 1.165) is 22.6 Å². The smallest absolute Gasteiger partial charge is 0.130 e. The van der Waals surface area contributed by atoms with Crippen molar-refractivity contribution in [3.8, 4) is 11.5 Å². The Kier molecular flexibility index (Phi) is 5.47. The molecule has 0 saturated carbocycles. The fraction of sp³-hybridized carbons (Fsp3) is 0.136. The van der Waals surface area contributed by atoms with Gasteiger partial charge in [-0.25, -0.2) is 0 Å². The molecule has 0 fully saturated rings. The van der Waals surface area contributed by atoms with Crippen molar-refractivity contribution in [2.24, 2.45) is 5.10 Å². The largest absolute Gasteiger partial charge is 0.457 e. The number of ether oxygens (including phenoxy) is 1. The molecule has 0 atom stereocenters. The lowest BCUT2D eigenvalue weighted by Gasteiger charge is -2.09. The van der Waals surface area contributed by atoms with Crippen LogP contribution in [0, 0.1) is 13.8 Å². The molecule has 3 aromatic carbocycles. The van der Waals surface area contributed by atoms with E-state index in [9.17, 15) is 0 Å². The van der Waals surface area contributed by atoms with Gasteiger partial charge in [0.1, 0.15) is 11.5 Å². The number of benzene rings is 3. The summed E-state index contributed by atoms with van der Waals surface area (Å²) in [5.74, 6) is 1.72. The van der Waals surface area contributed by atoms with E-state index in [0.29, 0.717) is 6.54 Å². The minimum Gasteiger partial charge on any atom is -0.457 e. The van der Waals surface area contributed by atoms with Gasteiger partial charge in [0.15, 0.2) is 0 Å². The van der Waals surface area contributed by atoms with Crippen LogP contribution >= 0.6 is 0 Å². The Labute approximate surface area is 149 Å². The van der Waals surface area contributed by atoms with Gasteiger partial charge >= 0.3 is 0 Å². The molecule has 25 heavy (non-hydrogen) atoms. The molecule has 3 heteroatoms. The van der Waals surface area contributed by atoms with Crippen LogP contribution in [0.5, 0.6) is 11.5 Å². The first kappa shape index (κ1) is 16.8. The molecule has 0 heterocycles. The number of aryl methyl sites for hydroxylation is 2. The Hall–Kier alpha value is -3.07. The molecule has 3 nitrogen and oxygen atoms in total. The average Bonchev–Trinajstić information content (AvgIpc) is 2.64. The van der Waals surface area contributed by atoms with E-state index in [1.54, 1.807) is 0 Å². The molecular weight excluding hydrogens is 308 g/mol. The van der Waals surface area contributed by atoms with Crippen molar-refractivity contribution in [3.05, 3.63) is 95.1 Å². The maximum Gasteiger partial charge on any atom is 0.130 e. The van der Waals surface area contributed by atoms with Crippen molar-refractivity contribution in [1.29, 1.82) is 0 Å². The van der Waals surface area contributed by atoms with Gasteiger partial charge in [0.2, 0.25) is 0 Å². The van der Waals surface area contributed by atoms with Crippen molar-refractivity contribution < 1.29 is 4.74 Å². The first-order chi connectivity index (χ1) is 12.2. The number of rotatable bonds is 6. The molecule has 3 aromatic rings. The maximum atomic E-state index is 5.97. The van der Waals surface area contributed by atoms with Crippen molar-refractivity contribution in [3.63, 3.8) is 0 Å². The van der Waals surface area contributed by atoms with E-state index in [-0.39, 0.29) is 0 Å². The summed E-state index contributed by atoms with van der Waals surface area (Å²) >= 11 is 0. The molecule has 1 N–H and O–H groups in total. The average molecular weight is 330 g/mol. The molecule has 0 unspecified atom stereocenters. The highest BCUT2D eigenvalue weighted by Crippen LogP contribution is 2.26. The molecule has 0 aliphatic carbocycles. The van der Waals surface area contributed by atoms with E-state index >= 15 is 0 Å².